The van der Waals surface area contributed by atoms with Crippen molar-refractivity contribution in [3.8, 4) is 0 Å². The Morgan fingerprint density at radius 2 is 1.95 bits per heavy atom. The number of nitrogens with one attached hydrogen (secondary N) is 1. The van der Waals surface area contributed by atoms with Crippen molar-refractivity contribution in [2.75, 3.05) is 14.2 Å². The summed E-state index contributed by atoms with van der Waals surface area (Å²) in [5.41, 5.74) is 0.693. The predicted octanol–water partition coefficient (Wildman–Crippen LogP) is 2.64. The zero-order valence-corrected chi connectivity index (χ0v) is 12.0. The molecule has 0 aliphatic heterocycles. The molecule has 2 rings (SSSR count). The van der Waals surface area contributed by atoms with Crippen LogP contribution in [0.5, 0.6) is 0 Å². The molecule has 19 heavy (non-hydrogen) atoms. The summed E-state index contributed by atoms with van der Waals surface area (Å²) in [5, 5.41) is 5.75. The molecule has 1 aromatic carbocycles. The minimum atomic E-state index is -0.450. The lowest BCUT2D eigenvalue weighted by Gasteiger charge is -2.21. The van der Waals surface area contributed by atoms with Gasteiger partial charge in [-0.05, 0) is 13.0 Å². The molecule has 0 bridgehead atoms. The molecule has 0 fully saturated rings. The average Bonchev–Trinajstić information content (AvgIpc) is 2.84. The highest BCUT2D eigenvalue weighted by Crippen LogP contribution is 2.25. The van der Waals surface area contributed by atoms with E-state index in [0.29, 0.717) is 5.56 Å². The zero-order valence-electron chi connectivity index (χ0n) is 11.2. The van der Waals surface area contributed by atoms with Crippen molar-refractivity contribution in [3.05, 3.63) is 35.2 Å². The minimum Gasteiger partial charge on any atom is -0.354 e. The van der Waals surface area contributed by atoms with Gasteiger partial charge in [0.2, 0.25) is 0 Å². The summed E-state index contributed by atoms with van der Waals surface area (Å²) < 4.78 is 11.4. The first-order valence-electron chi connectivity index (χ1n) is 6.00. The van der Waals surface area contributed by atoms with Gasteiger partial charge in [0.1, 0.15) is 0 Å². The van der Waals surface area contributed by atoms with Crippen LogP contribution in [0.3, 0.4) is 0 Å². The first-order chi connectivity index (χ1) is 9.17. The molecule has 1 atom stereocenters. The molecule has 4 nitrogen and oxygen atoms in total. The molecule has 1 heterocycles. The van der Waals surface area contributed by atoms with E-state index < -0.39 is 6.29 Å². The monoisotopic (exact) mass is 279 g/mol. The molecule has 0 saturated heterocycles. The third-order valence-corrected chi connectivity index (χ3v) is 3.92. The van der Waals surface area contributed by atoms with Crippen molar-refractivity contribution < 1.29 is 14.3 Å². The smallest absolute Gasteiger partial charge is 0.253 e. The molecule has 1 amide bonds. The van der Waals surface area contributed by atoms with Gasteiger partial charge in [-0.3, -0.25) is 4.79 Å². The van der Waals surface area contributed by atoms with Crippen LogP contribution in [0.2, 0.25) is 0 Å². The lowest BCUT2D eigenvalue weighted by atomic mass is 10.1. The lowest BCUT2D eigenvalue weighted by molar-refractivity contribution is -0.117. The van der Waals surface area contributed by atoms with E-state index in [2.05, 4.69) is 5.32 Å². The van der Waals surface area contributed by atoms with Gasteiger partial charge in [-0.2, -0.15) is 0 Å². The maximum Gasteiger partial charge on any atom is 0.253 e. The second kappa shape index (κ2) is 6.14. The molecule has 0 radical (unpaired) electrons. The van der Waals surface area contributed by atoms with Crippen LogP contribution >= 0.6 is 11.3 Å². The van der Waals surface area contributed by atoms with E-state index >= 15 is 0 Å². The third-order valence-electron chi connectivity index (χ3n) is 2.96. The van der Waals surface area contributed by atoms with Gasteiger partial charge in [-0.15, -0.1) is 11.3 Å². The maximum atomic E-state index is 12.3. The first-order valence-corrected chi connectivity index (χ1v) is 6.88. The number of hydrogen-bond acceptors (Lipinski definition) is 4. The van der Waals surface area contributed by atoms with Gasteiger partial charge in [0, 0.05) is 29.7 Å². The van der Waals surface area contributed by atoms with Crippen LogP contribution in [0.1, 0.15) is 17.3 Å². The number of ether oxygens (including phenoxy) is 2. The standard InChI is InChI=1S/C14H17NO3S/c1-9(14(17-2)18-3)15-13(16)11-8-19-12-7-5-4-6-10(11)12/h4-9,14H,1-3H3,(H,15,16). The summed E-state index contributed by atoms with van der Waals surface area (Å²) in [6.07, 6.45) is -0.450. The fraction of sp³-hybridized carbons (Fsp3) is 0.357. The highest BCUT2D eigenvalue weighted by atomic mass is 32.1. The minimum absolute atomic E-state index is 0.107. The second-order valence-electron chi connectivity index (χ2n) is 4.25. The summed E-state index contributed by atoms with van der Waals surface area (Å²) >= 11 is 1.57. The average molecular weight is 279 g/mol. The number of hydrogen-bond donors (Lipinski definition) is 1. The Morgan fingerprint density at radius 1 is 1.26 bits per heavy atom. The second-order valence-corrected chi connectivity index (χ2v) is 5.16. The van der Waals surface area contributed by atoms with Crippen LogP contribution in [-0.2, 0) is 9.47 Å². The van der Waals surface area contributed by atoms with Gasteiger partial charge >= 0.3 is 0 Å². The predicted molar refractivity (Wildman–Crippen MR) is 76.6 cm³/mol. The summed E-state index contributed by atoms with van der Waals surface area (Å²) in [5.74, 6) is -0.107. The Morgan fingerprint density at radius 3 is 2.63 bits per heavy atom. The van der Waals surface area contributed by atoms with E-state index in [1.165, 1.54) is 0 Å². The molecular weight excluding hydrogens is 262 g/mol. The molecule has 0 aliphatic carbocycles. The summed E-state index contributed by atoms with van der Waals surface area (Å²) in [7, 11) is 3.10. The topological polar surface area (TPSA) is 47.6 Å². The number of benzene rings is 1. The van der Waals surface area contributed by atoms with Crippen LogP contribution in [-0.4, -0.2) is 32.5 Å². The van der Waals surface area contributed by atoms with Crippen LogP contribution in [0, 0.1) is 0 Å². The number of thiophene rings is 1. The van der Waals surface area contributed by atoms with Gasteiger partial charge < -0.3 is 14.8 Å². The van der Waals surface area contributed by atoms with E-state index in [1.807, 2.05) is 36.6 Å². The number of carbonyl (C=O) groups is 1. The van der Waals surface area contributed by atoms with E-state index in [1.54, 1.807) is 25.6 Å². The number of amides is 1. The van der Waals surface area contributed by atoms with E-state index in [0.717, 1.165) is 10.1 Å². The molecule has 5 heteroatoms. The van der Waals surface area contributed by atoms with Crippen LogP contribution < -0.4 is 5.32 Å². The number of fused-ring (bicyclic) bond motifs is 1. The quantitative estimate of drug-likeness (QED) is 0.856. The van der Waals surface area contributed by atoms with E-state index in [9.17, 15) is 4.79 Å². The Labute approximate surface area is 116 Å². The number of rotatable bonds is 5. The van der Waals surface area contributed by atoms with E-state index in [-0.39, 0.29) is 11.9 Å². The molecule has 0 aliphatic rings. The molecule has 2 aromatic rings. The third kappa shape index (κ3) is 2.94. The van der Waals surface area contributed by atoms with Crippen molar-refractivity contribution in [1.29, 1.82) is 0 Å². The molecule has 102 valence electrons. The van der Waals surface area contributed by atoms with Gasteiger partial charge in [-0.1, -0.05) is 18.2 Å². The van der Waals surface area contributed by atoms with Gasteiger partial charge in [0.15, 0.2) is 6.29 Å². The van der Waals surface area contributed by atoms with Gasteiger partial charge in [-0.25, -0.2) is 0 Å². The Bertz CT molecular complexity index is 563. The summed E-state index contributed by atoms with van der Waals surface area (Å²) in [6, 6.07) is 7.64. The fourth-order valence-corrected chi connectivity index (χ4v) is 2.95. The van der Waals surface area contributed by atoms with Crippen LogP contribution in [0.15, 0.2) is 29.6 Å². The van der Waals surface area contributed by atoms with Gasteiger partial charge in [0.05, 0.1) is 11.6 Å². The molecule has 1 unspecified atom stereocenters. The molecule has 1 N–H and O–H groups in total. The van der Waals surface area contributed by atoms with Crippen molar-refractivity contribution in [2.45, 2.75) is 19.3 Å². The SMILES string of the molecule is COC(OC)C(C)NC(=O)c1csc2ccccc12. The van der Waals surface area contributed by atoms with E-state index in [4.69, 9.17) is 9.47 Å². The highest BCUT2D eigenvalue weighted by molar-refractivity contribution is 7.17. The normalized spacial score (nSPS) is 12.8. The Hall–Kier alpha value is -1.43. The van der Waals surface area contributed by atoms with Crippen molar-refractivity contribution >= 4 is 27.3 Å². The van der Waals surface area contributed by atoms with Crippen molar-refractivity contribution in [2.24, 2.45) is 0 Å². The Balaban J connectivity index is 2.16. The molecular formula is C14H17NO3S. The van der Waals surface area contributed by atoms with Crippen molar-refractivity contribution in [3.63, 3.8) is 0 Å². The largest absolute Gasteiger partial charge is 0.354 e. The van der Waals surface area contributed by atoms with Gasteiger partial charge in [0.25, 0.3) is 5.91 Å². The molecule has 0 spiro atoms. The van der Waals surface area contributed by atoms with Crippen LogP contribution in [0.25, 0.3) is 10.1 Å². The van der Waals surface area contributed by atoms with Crippen molar-refractivity contribution in [1.82, 2.24) is 5.32 Å². The molecule has 0 saturated carbocycles. The lowest BCUT2D eigenvalue weighted by Crippen LogP contribution is -2.42. The fourth-order valence-electron chi connectivity index (χ4n) is 2.01. The first kappa shape index (κ1) is 14.0. The number of carbonyl (C=O) groups excluding carboxylic acids is 1. The summed E-state index contributed by atoms with van der Waals surface area (Å²) in [6.45, 7) is 1.85. The zero-order chi connectivity index (χ0) is 13.8. The number of methoxy groups -OCH3 is 2. The summed E-state index contributed by atoms with van der Waals surface area (Å²) in [4.78, 5) is 12.3. The Kier molecular flexibility index (Phi) is 4.52. The van der Waals surface area contributed by atoms with Crippen LogP contribution in [0.4, 0.5) is 0 Å². The maximum absolute atomic E-state index is 12.3. The highest BCUT2D eigenvalue weighted by Gasteiger charge is 2.20. The molecule has 1 aromatic heterocycles.